The highest BCUT2D eigenvalue weighted by Gasteiger charge is 2.28. The second kappa shape index (κ2) is 7.35. The van der Waals surface area contributed by atoms with Gasteiger partial charge in [0.15, 0.2) is 5.84 Å². The number of imidazole rings is 1. The lowest BCUT2D eigenvalue weighted by molar-refractivity contribution is 0.0811. The molecule has 7 nitrogen and oxygen atoms in total. The van der Waals surface area contributed by atoms with E-state index in [1.807, 2.05) is 29.8 Å². The van der Waals surface area contributed by atoms with E-state index in [-0.39, 0.29) is 0 Å². The summed E-state index contributed by atoms with van der Waals surface area (Å²) in [4.78, 5) is 14.4. The second-order valence-corrected chi connectivity index (χ2v) is 7.03. The van der Waals surface area contributed by atoms with E-state index in [0.717, 1.165) is 17.1 Å². The molecule has 0 spiro atoms. The molecule has 0 radical (unpaired) electrons. The zero-order chi connectivity index (χ0) is 17.9. The smallest absolute Gasteiger partial charge is 0.238 e. The monoisotopic (exact) mass is 355 g/mol. The van der Waals surface area contributed by atoms with Crippen molar-refractivity contribution in [1.29, 1.82) is 0 Å². The van der Waals surface area contributed by atoms with Crippen LogP contribution in [0.2, 0.25) is 0 Å². The lowest BCUT2D eigenvalue weighted by Crippen LogP contribution is -2.47. The first kappa shape index (κ1) is 16.9. The van der Waals surface area contributed by atoms with E-state index >= 15 is 0 Å². The lowest BCUT2D eigenvalue weighted by atomic mass is 9.84. The van der Waals surface area contributed by atoms with Gasteiger partial charge in [-0.15, -0.1) is 0 Å². The Balaban J connectivity index is 1.56. The van der Waals surface area contributed by atoms with Crippen molar-refractivity contribution in [3.63, 3.8) is 0 Å². The largest absolute Gasteiger partial charge is 0.479 e. The van der Waals surface area contributed by atoms with Gasteiger partial charge in [-0.25, -0.2) is 9.97 Å². The van der Waals surface area contributed by atoms with Crippen molar-refractivity contribution in [2.75, 3.05) is 13.7 Å². The molecule has 0 bridgehead atoms. The Labute approximate surface area is 153 Å². The predicted molar refractivity (Wildman–Crippen MR) is 98.6 cm³/mol. The number of aromatic nitrogens is 3. The Morgan fingerprint density at radius 1 is 1.23 bits per heavy atom. The fourth-order valence-electron chi connectivity index (χ4n) is 3.80. The van der Waals surface area contributed by atoms with Gasteiger partial charge in [0, 0.05) is 6.20 Å². The molecule has 0 saturated heterocycles. The van der Waals surface area contributed by atoms with E-state index in [2.05, 4.69) is 20.4 Å². The average Bonchev–Trinajstić information content (AvgIpc) is 3.14. The molecule has 1 unspecified atom stereocenters. The quantitative estimate of drug-likeness (QED) is 0.913. The van der Waals surface area contributed by atoms with Crippen LogP contribution in [-0.4, -0.2) is 40.1 Å². The molecule has 0 aromatic carbocycles. The summed E-state index contributed by atoms with van der Waals surface area (Å²) in [6.45, 7) is 2.58. The Morgan fingerprint density at radius 2 is 2.08 bits per heavy atom. The van der Waals surface area contributed by atoms with E-state index in [4.69, 9.17) is 9.57 Å². The summed E-state index contributed by atoms with van der Waals surface area (Å²) in [7, 11) is 1.62. The SMILES string of the molecule is COc1nc(C2=NOCC(C3CCCCC3)N2)ccc1-n1cnc(C)c1. The first-order valence-electron chi connectivity index (χ1n) is 9.27. The van der Waals surface area contributed by atoms with Crippen LogP contribution in [0.3, 0.4) is 0 Å². The molecular formula is C19H25N5O2. The zero-order valence-corrected chi connectivity index (χ0v) is 15.3. The highest BCUT2D eigenvalue weighted by molar-refractivity contribution is 5.97. The van der Waals surface area contributed by atoms with Gasteiger partial charge in [0.2, 0.25) is 5.88 Å². The maximum atomic E-state index is 5.52. The molecule has 1 aliphatic heterocycles. The molecule has 1 aliphatic carbocycles. The predicted octanol–water partition coefficient (Wildman–Crippen LogP) is 2.81. The Morgan fingerprint density at radius 3 is 2.81 bits per heavy atom. The summed E-state index contributed by atoms with van der Waals surface area (Å²) in [6.07, 6.45) is 10.2. The standard InChI is InChI=1S/C19H25N5O2/c1-13-10-24(12-20-13)17-9-8-15(22-19(17)25-2)18-21-16(11-26-23-18)14-6-4-3-5-7-14/h8-10,12,14,16H,3-7,11H2,1-2H3,(H,21,23). The van der Waals surface area contributed by atoms with Gasteiger partial charge >= 0.3 is 0 Å². The molecule has 1 fully saturated rings. The topological polar surface area (TPSA) is 73.6 Å². The lowest BCUT2D eigenvalue weighted by Gasteiger charge is -2.33. The van der Waals surface area contributed by atoms with Crippen LogP contribution in [0, 0.1) is 12.8 Å². The molecule has 7 heteroatoms. The Kier molecular flexibility index (Phi) is 4.77. The molecule has 1 N–H and O–H groups in total. The molecular weight excluding hydrogens is 330 g/mol. The number of nitrogens with one attached hydrogen (secondary N) is 1. The number of nitrogens with zero attached hydrogens (tertiary/aromatic N) is 4. The molecule has 26 heavy (non-hydrogen) atoms. The van der Waals surface area contributed by atoms with E-state index in [1.165, 1.54) is 32.1 Å². The highest BCUT2D eigenvalue weighted by atomic mass is 16.6. The zero-order valence-electron chi connectivity index (χ0n) is 15.3. The van der Waals surface area contributed by atoms with Crippen LogP contribution in [0.15, 0.2) is 29.8 Å². The van der Waals surface area contributed by atoms with Crippen LogP contribution in [0.5, 0.6) is 5.88 Å². The first-order chi connectivity index (χ1) is 12.7. The number of aryl methyl sites for hydroxylation is 1. The van der Waals surface area contributed by atoms with Crippen molar-refractivity contribution in [2.45, 2.75) is 45.1 Å². The number of oxime groups is 1. The van der Waals surface area contributed by atoms with Crippen molar-refractivity contribution < 1.29 is 9.57 Å². The van der Waals surface area contributed by atoms with Crippen LogP contribution in [0.25, 0.3) is 5.69 Å². The number of pyridine rings is 1. The third kappa shape index (κ3) is 3.38. The fraction of sp³-hybridized carbons (Fsp3) is 0.526. The summed E-state index contributed by atoms with van der Waals surface area (Å²) < 4.78 is 7.41. The van der Waals surface area contributed by atoms with E-state index in [9.17, 15) is 0 Å². The summed E-state index contributed by atoms with van der Waals surface area (Å²) in [6, 6.07) is 4.20. The van der Waals surface area contributed by atoms with Crippen LogP contribution in [0.1, 0.15) is 43.5 Å². The molecule has 2 aromatic heterocycles. The minimum Gasteiger partial charge on any atom is -0.479 e. The van der Waals surface area contributed by atoms with Gasteiger partial charge < -0.3 is 19.5 Å². The summed E-state index contributed by atoms with van der Waals surface area (Å²) in [5.74, 6) is 1.85. The number of amidine groups is 1. The Bertz CT molecular complexity index is 795. The first-order valence-corrected chi connectivity index (χ1v) is 9.27. The van der Waals surface area contributed by atoms with Crippen molar-refractivity contribution in [1.82, 2.24) is 19.9 Å². The summed E-state index contributed by atoms with van der Waals surface area (Å²) in [5, 5.41) is 7.74. The van der Waals surface area contributed by atoms with Crippen molar-refractivity contribution >= 4 is 5.84 Å². The van der Waals surface area contributed by atoms with Gasteiger partial charge in [0.1, 0.15) is 18.0 Å². The number of methoxy groups -OCH3 is 1. The maximum absolute atomic E-state index is 5.52. The van der Waals surface area contributed by atoms with E-state index < -0.39 is 0 Å². The fourth-order valence-corrected chi connectivity index (χ4v) is 3.80. The molecule has 1 atom stereocenters. The molecule has 4 rings (SSSR count). The number of rotatable bonds is 4. The van der Waals surface area contributed by atoms with Gasteiger partial charge in [-0.2, -0.15) is 0 Å². The van der Waals surface area contributed by atoms with Gasteiger partial charge in [0.05, 0.1) is 25.2 Å². The molecule has 0 amide bonds. The third-order valence-electron chi connectivity index (χ3n) is 5.22. The van der Waals surface area contributed by atoms with Crippen LogP contribution < -0.4 is 10.1 Å². The minimum absolute atomic E-state index is 0.298. The number of hydrogen-bond donors (Lipinski definition) is 1. The number of hydrogen-bond acceptors (Lipinski definition) is 6. The van der Waals surface area contributed by atoms with Crippen molar-refractivity contribution in [3.8, 4) is 11.6 Å². The molecule has 2 aromatic rings. The van der Waals surface area contributed by atoms with Crippen LogP contribution in [-0.2, 0) is 4.84 Å². The normalized spacial score (nSPS) is 20.8. The van der Waals surface area contributed by atoms with Crippen molar-refractivity contribution in [3.05, 3.63) is 36.0 Å². The molecule has 3 heterocycles. The van der Waals surface area contributed by atoms with Gasteiger partial charge in [-0.3, -0.25) is 0 Å². The van der Waals surface area contributed by atoms with E-state index in [0.29, 0.717) is 30.3 Å². The van der Waals surface area contributed by atoms with Crippen molar-refractivity contribution in [2.24, 2.45) is 11.1 Å². The van der Waals surface area contributed by atoms with Crippen LogP contribution >= 0.6 is 0 Å². The molecule has 1 saturated carbocycles. The molecule has 2 aliphatic rings. The minimum atomic E-state index is 0.298. The average molecular weight is 355 g/mol. The van der Waals surface area contributed by atoms with E-state index in [1.54, 1.807) is 13.4 Å². The molecule has 138 valence electrons. The highest BCUT2D eigenvalue weighted by Crippen LogP contribution is 2.28. The van der Waals surface area contributed by atoms with Crippen LogP contribution in [0.4, 0.5) is 0 Å². The van der Waals surface area contributed by atoms with Gasteiger partial charge in [0.25, 0.3) is 0 Å². The maximum Gasteiger partial charge on any atom is 0.238 e. The number of ether oxygens (including phenoxy) is 1. The van der Waals surface area contributed by atoms with Gasteiger partial charge in [-0.05, 0) is 37.8 Å². The Hall–Kier alpha value is -2.57. The third-order valence-corrected chi connectivity index (χ3v) is 5.22. The summed E-state index contributed by atoms with van der Waals surface area (Å²) >= 11 is 0. The second-order valence-electron chi connectivity index (χ2n) is 7.03. The van der Waals surface area contributed by atoms with Gasteiger partial charge in [-0.1, -0.05) is 24.4 Å². The summed E-state index contributed by atoms with van der Waals surface area (Å²) in [5.41, 5.74) is 2.51.